The van der Waals surface area contributed by atoms with Gasteiger partial charge in [-0.2, -0.15) is 4.31 Å². The number of hydrogen-bond acceptors (Lipinski definition) is 4. The molecule has 0 unspecified atom stereocenters. The summed E-state index contributed by atoms with van der Waals surface area (Å²) in [5, 5.41) is 2.97. The molecule has 0 spiro atoms. The fourth-order valence-corrected chi connectivity index (χ4v) is 5.37. The van der Waals surface area contributed by atoms with Crippen molar-refractivity contribution in [3.05, 3.63) is 30.3 Å². The molecule has 0 aromatic heterocycles. The molecule has 1 aromatic carbocycles. The summed E-state index contributed by atoms with van der Waals surface area (Å²) in [5.74, 6) is -0.178. The average Bonchev–Trinajstić information content (AvgIpc) is 3.31. The van der Waals surface area contributed by atoms with Crippen LogP contribution in [-0.2, 0) is 14.8 Å². The van der Waals surface area contributed by atoms with Crippen molar-refractivity contribution in [1.29, 1.82) is 0 Å². The third-order valence-electron chi connectivity index (χ3n) is 5.19. The van der Waals surface area contributed by atoms with Gasteiger partial charge >= 0.3 is 0 Å². The number of nitrogens with zero attached hydrogens (tertiary/aromatic N) is 2. The Morgan fingerprint density at radius 1 is 1.16 bits per heavy atom. The fraction of sp³-hybridized carbons (Fsp3) is 0.611. The lowest BCUT2D eigenvalue weighted by Gasteiger charge is -2.27. The van der Waals surface area contributed by atoms with Crippen molar-refractivity contribution in [3.8, 4) is 0 Å². The number of benzene rings is 1. The number of likely N-dealkylation sites (tertiary alicyclic amines) is 1. The van der Waals surface area contributed by atoms with E-state index in [1.165, 1.54) is 17.1 Å². The largest absolute Gasteiger partial charge is 0.353 e. The van der Waals surface area contributed by atoms with Crippen molar-refractivity contribution >= 4 is 15.9 Å². The molecule has 0 bridgehead atoms. The Labute approximate surface area is 150 Å². The van der Waals surface area contributed by atoms with E-state index in [9.17, 15) is 13.2 Å². The van der Waals surface area contributed by atoms with Gasteiger partial charge in [0.15, 0.2) is 0 Å². The summed E-state index contributed by atoms with van der Waals surface area (Å²) in [6.07, 6.45) is 3.72. The highest BCUT2D eigenvalue weighted by molar-refractivity contribution is 7.89. The topological polar surface area (TPSA) is 69.7 Å². The van der Waals surface area contributed by atoms with Crippen LogP contribution in [0.15, 0.2) is 35.2 Å². The minimum Gasteiger partial charge on any atom is -0.353 e. The minimum absolute atomic E-state index is 0.178. The van der Waals surface area contributed by atoms with Gasteiger partial charge in [-0.05, 0) is 57.8 Å². The first-order valence-electron chi connectivity index (χ1n) is 9.09. The number of sulfonamides is 1. The van der Waals surface area contributed by atoms with Gasteiger partial charge in [-0.3, -0.25) is 9.69 Å². The molecule has 0 aliphatic carbocycles. The van der Waals surface area contributed by atoms with E-state index in [2.05, 4.69) is 17.1 Å². The first-order valence-corrected chi connectivity index (χ1v) is 10.5. The Bertz CT molecular complexity index is 687. The van der Waals surface area contributed by atoms with Crippen LogP contribution in [0, 0.1) is 0 Å². The molecule has 2 aliphatic rings. The highest BCUT2D eigenvalue weighted by Crippen LogP contribution is 2.26. The molecule has 3 rings (SSSR count). The van der Waals surface area contributed by atoms with E-state index in [1.54, 1.807) is 30.3 Å². The maximum absolute atomic E-state index is 12.8. The first kappa shape index (κ1) is 18.4. The summed E-state index contributed by atoms with van der Waals surface area (Å²) in [4.78, 5) is 15.2. The molecular formula is C18H27N3O3S. The van der Waals surface area contributed by atoms with Gasteiger partial charge in [0.05, 0.1) is 4.90 Å². The van der Waals surface area contributed by atoms with Gasteiger partial charge < -0.3 is 5.32 Å². The summed E-state index contributed by atoms with van der Waals surface area (Å²) < 4.78 is 27.0. The van der Waals surface area contributed by atoms with E-state index in [0.717, 1.165) is 13.1 Å². The average molecular weight is 365 g/mol. The molecule has 2 saturated heterocycles. The molecule has 138 valence electrons. The van der Waals surface area contributed by atoms with Crippen LogP contribution in [0.5, 0.6) is 0 Å². The van der Waals surface area contributed by atoms with Crippen molar-refractivity contribution in [2.45, 2.75) is 49.6 Å². The van der Waals surface area contributed by atoms with Crippen LogP contribution in [0.1, 0.15) is 32.6 Å². The maximum Gasteiger partial charge on any atom is 0.243 e. The van der Waals surface area contributed by atoms with Gasteiger partial charge in [-0.1, -0.05) is 18.2 Å². The Balaban J connectivity index is 1.63. The Hall–Kier alpha value is -1.44. The van der Waals surface area contributed by atoms with Gasteiger partial charge in [0.25, 0.3) is 0 Å². The third-order valence-corrected chi connectivity index (χ3v) is 7.11. The van der Waals surface area contributed by atoms with Crippen molar-refractivity contribution in [2.75, 3.05) is 26.2 Å². The number of amides is 1. The maximum atomic E-state index is 12.8. The fourth-order valence-electron chi connectivity index (χ4n) is 3.70. The van der Waals surface area contributed by atoms with Gasteiger partial charge in [-0.15, -0.1) is 0 Å². The van der Waals surface area contributed by atoms with E-state index in [4.69, 9.17) is 0 Å². The molecule has 6 nitrogen and oxygen atoms in total. The van der Waals surface area contributed by atoms with Crippen LogP contribution in [0.2, 0.25) is 0 Å². The van der Waals surface area contributed by atoms with Gasteiger partial charge in [0.1, 0.15) is 6.04 Å². The van der Waals surface area contributed by atoms with E-state index in [0.29, 0.717) is 25.9 Å². The predicted molar refractivity (Wildman–Crippen MR) is 96.6 cm³/mol. The molecule has 2 fully saturated rings. The predicted octanol–water partition coefficient (Wildman–Crippen LogP) is 1.44. The molecule has 0 saturated carbocycles. The van der Waals surface area contributed by atoms with Gasteiger partial charge in [0, 0.05) is 19.1 Å². The molecule has 7 heteroatoms. The van der Waals surface area contributed by atoms with Crippen LogP contribution in [0.4, 0.5) is 0 Å². The first-order chi connectivity index (χ1) is 12.0. The molecule has 1 amide bonds. The zero-order valence-corrected chi connectivity index (χ0v) is 15.5. The Kier molecular flexibility index (Phi) is 5.76. The highest BCUT2D eigenvalue weighted by Gasteiger charge is 2.39. The number of rotatable bonds is 6. The summed E-state index contributed by atoms with van der Waals surface area (Å²) in [6, 6.07) is 8.04. The lowest BCUT2D eigenvalue weighted by Crippen LogP contribution is -2.49. The highest BCUT2D eigenvalue weighted by atomic mass is 32.2. The van der Waals surface area contributed by atoms with Crippen molar-refractivity contribution in [1.82, 2.24) is 14.5 Å². The molecule has 2 aliphatic heterocycles. The summed E-state index contributed by atoms with van der Waals surface area (Å²) >= 11 is 0. The monoisotopic (exact) mass is 365 g/mol. The molecule has 0 radical (unpaired) electrons. The second-order valence-electron chi connectivity index (χ2n) is 6.92. The lowest BCUT2D eigenvalue weighted by atomic mass is 10.2. The number of nitrogens with one attached hydrogen (secondary N) is 1. The van der Waals surface area contributed by atoms with Crippen LogP contribution >= 0.6 is 0 Å². The molecule has 25 heavy (non-hydrogen) atoms. The zero-order chi connectivity index (χ0) is 17.9. The molecule has 2 heterocycles. The van der Waals surface area contributed by atoms with Gasteiger partial charge in [0.2, 0.25) is 15.9 Å². The second kappa shape index (κ2) is 7.85. The smallest absolute Gasteiger partial charge is 0.243 e. The summed E-state index contributed by atoms with van der Waals surface area (Å²) in [7, 11) is -3.63. The van der Waals surface area contributed by atoms with E-state index < -0.39 is 16.1 Å². The Morgan fingerprint density at radius 2 is 1.84 bits per heavy atom. The van der Waals surface area contributed by atoms with E-state index >= 15 is 0 Å². The second-order valence-corrected chi connectivity index (χ2v) is 8.81. The van der Waals surface area contributed by atoms with Crippen LogP contribution in [0.3, 0.4) is 0 Å². The SMILES string of the molecule is C[C@H](CNC(=O)[C@@H]1CCCN1S(=O)(=O)c1ccccc1)N1CCCC1. The van der Waals surface area contributed by atoms with E-state index in [1.807, 2.05) is 0 Å². The molecule has 2 atom stereocenters. The van der Waals surface area contributed by atoms with E-state index in [-0.39, 0.29) is 16.8 Å². The van der Waals surface area contributed by atoms with Crippen LogP contribution in [-0.4, -0.2) is 61.8 Å². The normalized spacial score (nSPS) is 23.6. The third kappa shape index (κ3) is 4.04. The van der Waals surface area contributed by atoms with Crippen molar-refractivity contribution in [3.63, 3.8) is 0 Å². The molecule has 1 aromatic rings. The van der Waals surface area contributed by atoms with Crippen molar-refractivity contribution < 1.29 is 13.2 Å². The number of carbonyl (C=O) groups excluding carboxylic acids is 1. The Morgan fingerprint density at radius 3 is 2.52 bits per heavy atom. The standard InChI is InChI=1S/C18H27N3O3S/c1-15(20-11-5-6-12-20)14-19-18(22)17-10-7-13-21(17)25(23,24)16-8-3-2-4-9-16/h2-4,8-9,15,17H,5-7,10-14H2,1H3,(H,19,22)/t15-,17+/m1/s1. The number of carbonyl (C=O) groups is 1. The summed E-state index contributed by atoms with van der Waals surface area (Å²) in [5.41, 5.74) is 0. The quantitative estimate of drug-likeness (QED) is 0.828. The molecule has 1 N–H and O–H groups in total. The minimum atomic E-state index is -3.63. The van der Waals surface area contributed by atoms with Crippen molar-refractivity contribution in [2.24, 2.45) is 0 Å². The van der Waals surface area contributed by atoms with Crippen LogP contribution in [0.25, 0.3) is 0 Å². The zero-order valence-electron chi connectivity index (χ0n) is 14.7. The number of hydrogen-bond donors (Lipinski definition) is 1. The molecular weight excluding hydrogens is 338 g/mol. The lowest BCUT2D eigenvalue weighted by molar-refractivity contribution is -0.124. The summed E-state index contributed by atoms with van der Waals surface area (Å²) in [6.45, 7) is 5.23. The van der Waals surface area contributed by atoms with Crippen LogP contribution < -0.4 is 5.32 Å². The van der Waals surface area contributed by atoms with Gasteiger partial charge in [-0.25, -0.2) is 8.42 Å².